The maximum absolute atomic E-state index is 12.6. The molecule has 0 aliphatic heterocycles. The standard InChI is InChI=1S/C10H10ClF2NO3/c1-3-17-10(15)5-4-6(16-2)7(9(12)13)14-8(5)11/h4,9H,3H2,1-2H3. The molecule has 0 saturated heterocycles. The zero-order valence-electron chi connectivity index (χ0n) is 9.17. The molecule has 0 fully saturated rings. The normalized spacial score (nSPS) is 10.5. The van der Waals surface area contributed by atoms with Gasteiger partial charge in [-0.1, -0.05) is 11.6 Å². The Hall–Kier alpha value is -1.43. The van der Waals surface area contributed by atoms with Crippen molar-refractivity contribution in [2.45, 2.75) is 13.3 Å². The van der Waals surface area contributed by atoms with E-state index in [1.54, 1.807) is 6.92 Å². The van der Waals surface area contributed by atoms with Crippen LogP contribution in [0.4, 0.5) is 8.78 Å². The summed E-state index contributed by atoms with van der Waals surface area (Å²) in [5.41, 5.74) is -0.708. The van der Waals surface area contributed by atoms with Crippen LogP contribution in [-0.2, 0) is 4.74 Å². The van der Waals surface area contributed by atoms with Crippen molar-refractivity contribution in [1.29, 1.82) is 0 Å². The van der Waals surface area contributed by atoms with Crippen LogP contribution in [0.5, 0.6) is 5.75 Å². The number of hydrogen-bond acceptors (Lipinski definition) is 4. The monoisotopic (exact) mass is 265 g/mol. The summed E-state index contributed by atoms with van der Waals surface area (Å²) in [5.74, 6) is -0.934. The molecule has 0 amide bonds. The van der Waals surface area contributed by atoms with Gasteiger partial charge in [-0.05, 0) is 13.0 Å². The fourth-order valence-electron chi connectivity index (χ4n) is 1.16. The Morgan fingerprint density at radius 2 is 2.24 bits per heavy atom. The second-order valence-electron chi connectivity index (χ2n) is 2.94. The van der Waals surface area contributed by atoms with E-state index < -0.39 is 18.1 Å². The minimum absolute atomic E-state index is 0.102. The molecule has 4 nitrogen and oxygen atoms in total. The summed E-state index contributed by atoms with van der Waals surface area (Å²) in [7, 11) is 1.20. The molecule has 0 atom stereocenters. The molecule has 94 valence electrons. The van der Waals surface area contributed by atoms with Gasteiger partial charge in [-0.25, -0.2) is 18.6 Å². The van der Waals surface area contributed by atoms with E-state index in [4.69, 9.17) is 21.1 Å². The summed E-state index contributed by atoms with van der Waals surface area (Å²) in [6.07, 6.45) is -2.83. The Bertz CT molecular complexity index is 426. The molecule has 1 aromatic rings. The zero-order valence-corrected chi connectivity index (χ0v) is 9.92. The van der Waals surface area contributed by atoms with E-state index in [0.29, 0.717) is 0 Å². The van der Waals surface area contributed by atoms with Crippen molar-refractivity contribution in [3.8, 4) is 5.75 Å². The molecule has 0 bridgehead atoms. The van der Waals surface area contributed by atoms with Crippen LogP contribution in [-0.4, -0.2) is 24.7 Å². The highest BCUT2D eigenvalue weighted by molar-refractivity contribution is 6.32. The van der Waals surface area contributed by atoms with Crippen molar-refractivity contribution in [3.05, 3.63) is 22.5 Å². The minimum Gasteiger partial charge on any atom is -0.495 e. The van der Waals surface area contributed by atoms with Crippen molar-refractivity contribution in [1.82, 2.24) is 4.98 Å². The number of aromatic nitrogens is 1. The van der Waals surface area contributed by atoms with Gasteiger partial charge in [0, 0.05) is 0 Å². The van der Waals surface area contributed by atoms with Gasteiger partial charge in [-0.2, -0.15) is 0 Å². The summed E-state index contributed by atoms with van der Waals surface area (Å²) in [6, 6.07) is 1.09. The van der Waals surface area contributed by atoms with Gasteiger partial charge in [0.1, 0.15) is 22.2 Å². The van der Waals surface area contributed by atoms with E-state index in [9.17, 15) is 13.6 Å². The molecule has 1 heterocycles. The third-order valence-electron chi connectivity index (χ3n) is 1.89. The number of rotatable bonds is 4. The third-order valence-corrected chi connectivity index (χ3v) is 2.18. The van der Waals surface area contributed by atoms with Gasteiger partial charge in [0.05, 0.1) is 13.7 Å². The average Bonchev–Trinajstić information content (AvgIpc) is 2.28. The molecule has 17 heavy (non-hydrogen) atoms. The fraction of sp³-hybridized carbons (Fsp3) is 0.400. The lowest BCUT2D eigenvalue weighted by molar-refractivity contribution is 0.0525. The minimum atomic E-state index is -2.83. The van der Waals surface area contributed by atoms with Gasteiger partial charge in [-0.15, -0.1) is 0 Å². The largest absolute Gasteiger partial charge is 0.495 e. The van der Waals surface area contributed by atoms with Crippen LogP contribution in [0.1, 0.15) is 29.4 Å². The predicted molar refractivity (Wildman–Crippen MR) is 56.7 cm³/mol. The predicted octanol–water partition coefficient (Wildman–Crippen LogP) is 2.86. The van der Waals surface area contributed by atoms with E-state index in [1.165, 1.54) is 7.11 Å². The Morgan fingerprint density at radius 3 is 2.71 bits per heavy atom. The molecule has 0 spiro atoms. The van der Waals surface area contributed by atoms with Crippen molar-refractivity contribution < 1.29 is 23.0 Å². The average molecular weight is 266 g/mol. The first-order chi connectivity index (χ1) is 8.01. The quantitative estimate of drug-likeness (QED) is 0.620. The van der Waals surface area contributed by atoms with Crippen LogP contribution in [0.15, 0.2) is 6.07 Å². The number of nitrogens with zero attached hydrogens (tertiary/aromatic N) is 1. The van der Waals surface area contributed by atoms with Gasteiger partial charge in [0.25, 0.3) is 6.43 Å². The summed E-state index contributed by atoms with van der Waals surface area (Å²) in [4.78, 5) is 14.9. The lowest BCUT2D eigenvalue weighted by atomic mass is 10.2. The first-order valence-electron chi connectivity index (χ1n) is 4.71. The number of ether oxygens (including phenoxy) is 2. The lowest BCUT2D eigenvalue weighted by Gasteiger charge is -2.10. The number of esters is 1. The maximum atomic E-state index is 12.6. The molecular weight excluding hydrogens is 256 g/mol. The Morgan fingerprint density at radius 1 is 1.59 bits per heavy atom. The highest BCUT2D eigenvalue weighted by Gasteiger charge is 2.22. The van der Waals surface area contributed by atoms with Gasteiger partial charge in [-0.3, -0.25) is 0 Å². The second-order valence-corrected chi connectivity index (χ2v) is 3.29. The molecule has 1 rings (SSSR count). The Balaban J connectivity index is 3.22. The second kappa shape index (κ2) is 5.77. The van der Waals surface area contributed by atoms with Gasteiger partial charge in [0.2, 0.25) is 0 Å². The molecule has 0 aromatic carbocycles. The molecule has 0 radical (unpaired) electrons. The Kier molecular flexibility index (Phi) is 4.62. The van der Waals surface area contributed by atoms with E-state index in [-0.39, 0.29) is 23.1 Å². The highest BCUT2D eigenvalue weighted by Crippen LogP contribution is 2.31. The van der Waals surface area contributed by atoms with E-state index in [0.717, 1.165) is 6.07 Å². The van der Waals surface area contributed by atoms with Gasteiger partial charge >= 0.3 is 5.97 Å². The van der Waals surface area contributed by atoms with Crippen molar-refractivity contribution in [2.24, 2.45) is 0 Å². The molecule has 1 aromatic heterocycles. The van der Waals surface area contributed by atoms with Crippen LogP contribution in [0.3, 0.4) is 0 Å². The third kappa shape index (κ3) is 3.03. The van der Waals surface area contributed by atoms with Crippen LogP contribution >= 0.6 is 11.6 Å². The van der Waals surface area contributed by atoms with E-state index in [1.807, 2.05) is 0 Å². The number of methoxy groups -OCH3 is 1. The maximum Gasteiger partial charge on any atom is 0.341 e. The number of pyridine rings is 1. The highest BCUT2D eigenvalue weighted by atomic mass is 35.5. The number of hydrogen-bond donors (Lipinski definition) is 0. The molecular formula is C10H10ClF2NO3. The first kappa shape index (κ1) is 13.6. The molecule has 0 saturated carbocycles. The topological polar surface area (TPSA) is 48.4 Å². The fourth-order valence-corrected chi connectivity index (χ4v) is 1.38. The summed E-state index contributed by atoms with van der Waals surface area (Å²) >= 11 is 5.63. The van der Waals surface area contributed by atoms with E-state index >= 15 is 0 Å². The van der Waals surface area contributed by atoms with Crippen LogP contribution in [0.2, 0.25) is 5.15 Å². The summed E-state index contributed by atoms with van der Waals surface area (Å²) in [6.45, 7) is 1.76. The van der Waals surface area contributed by atoms with E-state index in [2.05, 4.69) is 4.98 Å². The smallest absolute Gasteiger partial charge is 0.341 e. The van der Waals surface area contributed by atoms with Crippen LogP contribution < -0.4 is 4.74 Å². The summed E-state index contributed by atoms with van der Waals surface area (Å²) < 4.78 is 34.5. The molecule has 0 N–H and O–H groups in total. The van der Waals surface area contributed by atoms with Crippen molar-refractivity contribution in [2.75, 3.05) is 13.7 Å². The molecule has 7 heteroatoms. The van der Waals surface area contributed by atoms with Crippen LogP contribution in [0.25, 0.3) is 0 Å². The number of carbonyl (C=O) groups is 1. The molecule has 0 unspecified atom stereocenters. The van der Waals surface area contributed by atoms with Gasteiger partial charge in [0.15, 0.2) is 0 Å². The first-order valence-corrected chi connectivity index (χ1v) is 5.08. The van der Waals surface area contributed by atoms with Crippen LogP contribution in [0, 0.1) is 0 Å². The van der Waals surface area contributed by atoms with Crippen molar-refractivity contribution in [3.63, 3.8) is 0 Å². The number of halogens is 3. The SMILES string of the molecule is CCOC(=O)c1cc(OC)c(C(F)F)nc1Cl. The van der Waals surface area contributed by atoms with Gasteiger partial charge < -0.3 is 9.47 Å². The van der Waals surface area contributed by atoms with Crippen molar-refractivity contribution >= 4 is 17.6 Å². The lowest BCUT2D eigenvalue weighted by Crippen LogP contribution is -2.08. The summed E-state index contributed by atoms with van der Waals surface area (Å²) in [5, 5.41) is -0.334. The Labute approximate surface area is 101 Å². The number of carbonyl (C=O) groups excluding carboxylic acids is 1. The molecule has 0 aliphatic carbocycles. The zero-order chi connectivity index (χ0) is 13.0. The molecule has 0 aliphatic rings. The number of alkyl halides is 2.